The van der Waals surface area contributed by atoms with Crippen LogP contribution in [0.1, 0.15) is 10.4 Å². The van der Waals surface area contributed by atoms with Gasteiger partial charge < -0.3 is 4.74 Å². The van der Waals surface area contributed by atoms with E-state index in [1.54, 1.807) is 31.4 Å². The van der Waals surface area contributed by atoms with Gasteiger partial charge in [0.25, 0.3) is 0 Å². The van der Waals surface area contributed by atoms with Crippen molar-refractivity contribution in [3.05, 3.63) is 35.9 Å². The first-order valence-corrected chi connectivity index (χ1v) is 4.22. The highest BCUT2D eigenvalue weighted by atomic mass is 17.2. The molecule has 0 saturated heterocycles. The van der Waals surface area contributed by atoms with Crippen molar-refractivity contribution in [3.63, 3.8) is 0 Å². The summed E-state index contributed by atoms with van der Waals surface area (Å²) in [5.74, 6) is -0.498. The number of rotatable bonds is 5. The summed E-state index contributed by atoms with van der Waals surface area (Å²) in [4.78, 5) is 20.3. The molecule has 0 aromatic heterocycles. The van der Waals surface area contributed by atoms with Crippen molar-refractivity contribution in [2.24, 2.45) is 0 Å². The third-order valence-electron chi connectivity index (χ3n) is 1.51. The molecule has 0 N–H and O–H groups in total. The lowest BCUT2D eigenvalue weighted by atomic mass is 10.2. The van der Waals surface area contributed by atoms with Crippen molar-refractivity contribution in [1.82, 2.24) is 0 Å². The fraction of sp³-hybridized carbons (Fsp3) is 0.300. The van der Waals surface area contributed by atoms with Crippen molar-refractivity contribution in [2.45, 2.75) is 0 Å². The number of carbonyl (C=O) groups excluding carboxylic acids is 1. The number of hydrogen-bond donors (Lipinski definition) is 0. The minimum atomic E-state index is -0.498. The highest BCUT2D eigenvalue weighted by Crippen LogP contribution is 2.00. The summed E-state index contributed by atoms with van der Waals surface area (Å²) >= 11 is 0. The molecule has 76 valence electrons. The van der Waals surface area contributed by atoms with Crippen LogP contribution in [0.2, 0.25) is 0 Å². The summed E-state index contributed by atoms with van der Waals surface area (Å²) in [7, 11) is 1.54. The van der Waals surface area contributed by atoms with Gasteiger partial charge in [-0.2, -0.15) is 4.89 Å². The monoisotopic (exact) mass is 196 g/mol. The molecule has 0 fully saturated rings. The Bertz CT molecular complexity index is 271. The molecule has 14 heavy (non-hydrogen) atoms. The molecule has 0 aliphatic rings. The first kappa shape index (κ1) is 10.7. The van der Waals surface area contributed by atoms with E-state index in [0.717, 1.165) is 0 Å². The molecule has 0 radical (unpaired) electrons. The van der Waals surface area contributed by atoms with Crippen LogP contribution in [0.4, 0.5) is 0 Å². The van der Waals surface area contributed by atoms with Gasteiger partial charge in [0.05, 0.1) is 12.2 Å². The Kier molecular flexibility index (Phi) is 4.68. The Morgan fingerprint density at radius 1 is 1.21 bits per heavy atom. The van der Waals surface area contributed by atoms with Crippen LogP contribution in [0, 0.1) is 0 Å². The predicted molar refractivity (Wildman–Crippen MR) is 49.7 cm³/mol. The average molecular weight is 196 g/mol. The molecule has 0 aliphatic heterocycles. The fourth-order valence-corrected chi connectivity index (χ4v) is 0.835. The van der Waals surface area contributed by atoms with Crippen LogP contribution in [0.5, 0.6) is 0 Å². The lowest BCUT2D eigenvalue weighted by Gasteiger charge is -2.02. The minimum absolute atomic E-state index is 0.231. The molecule has 0 unspecified atom stereocenters. The second kappa shape index (κ2) is 6.12. The standard InChI is InChI=1S/C10H12O4/c1-12-7-8-13-14-10(11)9-5-3-2-4-6-9/h2-6H,7-8H2,1H3. The van der Waals surface area contributed by atoms with Crippen LogP contribution in [-0.4, -0.2) is 26.3 Å². The van der Waals surface area contributed by atoms with Crippen molar-refractivity contribution < 1.29 is 19.3 Å². The van der Waals surface area contributed by atoms with Crippen LogP contribution >= 0.6 is 0 Å². The summed E-state index contributed by atoms with van der Waals surface area (Å²) in [5, 5.41) is 0. The first-order valence-electron chi connectivity index (χ1n) is 4.22. The topological polar surface area (TPSA) is 44.8 Å². The lowest BCUT2D eigenvalue weighted by molar-refractivity contribution is -0.246. The van der Waals surface area contributed by atoms with Crippen molar-refractivity contribution in [2.75, 3.05) is 20.3 Å². The third-order valence-corrected chi connectivity index (χ3v) is 1.51. The maximum atomic E-state index is 11.2. The summed E-state index contributed by atoms with van der Waals surface area (Å²) < 4.78 is 4.71. The average Bonchev–Trinajstić information content (AvgIpc) is 2.25. The van der Waals surface area contributed by atoms with E-state index in [1.807, 2.05) is 6.07 Å². The minimum Gasteiger partial charge on any atom is -0.382 e. The molecule has 4 heteroatoms. The zero-order chi connectivity index (χ0) is 10.2. The molecule has 0 aliphatic carbocycles. The zero-order valence-corrected chi connectivity index (χ0v) is 7.93. The van der Waals surface area contributed by atoms with Gasteiger partial charge in [0, 0.05) is 7.11 Å². The van der Waals surface area contributed by atoms with E-state index in [2.05, 4.69) is 9.78 Å². The van der Waals surface area contributed by atoms with E-state index >= 15 is 0 Å². The van der Waals surface area contributed by atoms with Crippen LogP contribution in [-0.2, 0) is 14.5 Å². The molecule has 4 nitrogen and oxygen atoms in total. The second-order valence-electron chi connectivity index (χ2n) is 2.55. The molecule has 1 aromatic rings. The third kappa shape index (κ3) is 3.55. The zero-order valence-electron chi connectivity index (χ0n) is 7.93. The molecule has 0 amide bonds. The highest BCUT2D eigenvalue weighted by Gasteiger charge is 2.06. The Balaban J connectivity index is 2.29. The summed E-state index contributed by atoms with van der Waals surface area (Å²) in [6.07, 6.45) is 0. The van der Waals surface area contributed by atoms with Gasteiger partial charge in [-0.15, -0.1) is 0 Å². The van der Waals surface area contributed by atoms with E-state index in [1.165, 1.54) is 0 Å². The molecule has 0 heterocycles. The van der Waals surface area contributed by atoms with Gasteiger partial charge in [-0.1, -0.05) is 18.2 Å². The molecule has 0 spiro atoms. The van der Waals surface area contributed by atoms with Gasteiger partial charge in [-0.25, -0.2) is 4.79 Å². The maximum absolute atomic E-state index is 11.2. The van der Waals surface area contributed by atoms with Gasteiger partial charge >= 0.3 is 5.97 Å². The van der Waals surface area contributed by atoms with Gasteiger partial charge in [0.2, 0.25) is 0 Å². The van der Waals surface area contributed by atoms with Crippen molar-refractivity contribution >= 4 is 5.97 Å². The number of benzene rings is 1. The molecular weight excluding hydrogens is 184 g/mol. The van der Waals surface area contributed by atoms with Crippen LogP contribution in [0.3, 0.4) is 0 Å². The van der Waals surface area contributed by atoms with Gasteiger partial charge in [0.1, 0.15) is 6.61 Å². The van der Waals surface area contributed by atoms with E-state index in [9.17, 15) is 4.79 Å². The number of ether oxygens (including phenoxy) is 1. The molecule has 1 rings (SSSR count). The molecule has 1 aromatic carbocycles. The van der Waals surface area contributed by atoms with E-state index in [-0.39, 0.29) is 6.61 Å². The normalized spacial score (nSPS) is 9.79. The Labute approximate surface area is 82.3 Å². The van der Waals surface area contributed by atoms with Crippen molar-refractivity contribution in [1.29, 1.82) is 0 Å². The van der Waals surface area contributed by atoms with Gasteiger partial charge in [-0.05, 0) is 12.1 Å². The predicted octanol–water partition coefficient (Wildman–Crippen LogP) is 1.42. The highest BCUT2D eigenvalue weighted by molar-refractivity contribution is 5.88. The Morgan fingerprint density at radius 3 is 2.57 bits per heavy atom. The summed E-state index contributed by atoms with van der Waals surface area (Å²) in [6.45, 7) is 0.622. The van der Waals surface area contributed by atoms with E-state index < -0.39 is 5.97 Å². The molecule has 0 bridgehead atoms. The van der Waals surface area contributed by atoms with Gasteiger partial charge in [-0.3, -0.25) is 4.89 Å². The number of carbonyl (C=O) groups is 1. The quantitative estimate of drug-likeness (QED) is 0.406. The van der Waals surface area contributed by atoms with Gasteiger partial charge in [0.15, 0.2) is 0 Å². The fourth-order valence-electron chi connectivity index (χ4n) is 0.835. The van der Waals surface area contributed by atoms with Crippen LogP contribution in [0.25, 0.3) is 0 Å². The SMILES string of the molecule is COCCOOC(=O)c1ccccc1. The first-order chi connectivity index (χ1) is 6.84. The van der Waals surface area contributed by atoms with E-state index in [4.69, 9.17) is 4.74 Å². The van der Waals surface area contributed by atoms with Crippen LogP contribution in [0.15, 0.2) is 30.3 Å². The molecular formula is C10H12O4. The molecule has 0 saturated carbocycles. The summed E-state index contributed by atoms with van der Waals surface area (Å²) in [6, 6.07) is 8.64. The van der Waals surface area contributed by atoms with Crippen LogP contribution < -0.4 is 0 Å². The number of hydrogen-bond acceptors (Lipinski definition) is 4. The lowest BCUT2D eigenvalue weighted by Crippen LogP contribution is -2.09. The molecule has 0 atom stereocenters. The van der Waals surface area contributed by atoms with Crippen molar-refractivity contribution in [3.8, 4) is 0 Å². The Hall–Kier alpha value is -1.39. The number of methoxy groups -OCH3 is 1. The Morgan fingerprint density at radius 2 is 1.93 bits per heavy atom. The smallest absolute Gasteiger partial charge is 0.373 e. The second-order valence-corrected chi connectivity index (χ2v) is 2.55. The summed E-state index contributed by atoms with van der Waals surface area (Å²) in [5.41, 5.74) is 0.463. The maximum Gasteiger partial charge on any atom is 0.373 e. The largest absolute Gasteiger partial charge is 0.382 e. The van der Waals surface area contributed by atoms with E-state index in [0.29, 0.717) is 12.2 Å².